The summed E-state index contributed by atoms with van der Waals surface area (Å²) in [6.07, 6.45) is 1.69. The van der Waals surface area contributed by atoms with E-state index >= 15 is 0 Å². The van der Waals surface area contributed by atoms with Crippen LogP contribution >= 0.6 is 0 Å². The fourth-order valence-electron chi connectivity index (χ4n) is 1.44. The maximum Gasteiger partial charge on any atom is 0.211 e. The van der Waals surface area contributed by atoms with Crippen molar-refractivity contribution in [2.45, 2.75) is 19.2 Å². The molecule has 0 aliphatic heterocycles. The summed E-state index contributed by atoms with van der Waals surface area (Å²) in [4.78, 5) is 0. The summed E-state index contributed by atoms with van der Waals surface area (Å²) in [7, 11) is -0.0286. The third kappa shape index (κ3) is 6.34. The molecule has 0 bridgehead atoms. The Morgan fingerprint density at radius 3 is 2.45 bits per heavy atom. The predicted molar refractivity (Wildman–Crippen MR) is 83.3 cm³/mol. The number of hydrogen-bond donors (Lipinski definition) is 1. The smallest absolute Gasteiger partial charge is 0.211 e. The molecule has 112 valence electrons. The van der Waals surface area contributed by atoms with Gasteiger partial charge in [-0.3, -0.25) is 0 Å². The van der Waals surface area contributed by atoms with Crippen LogP contribution < -0.4 is 4.74 Å². The van der Waals surface area contributed by atoms with Crippen LogP contribution in [0.4, 0.5) is 0 Å². The Morgan fingerprint density at radius 1 is 1.25 bits per heavy atom. The van der Waals surface area contributed by atoms with Crippen LogP contribution in [0.15, 0.2) is 30.8 Å². The molecule has 0 aromatic heterocycles. The maximum atomic E-state index is 9.79. The van der Waals surface area contributed by atoms with Gasteiger partial charge in [-0.05, 0) is 30.8 Å². The van der Waals surface area contributed by atoms with Crippen molar-refractivity contribution >= 4 is 14.4 Å². The van der Waals surface area contributed by atoms with Gasteiger partial charge in [0.2, 0.25) is 8.32 Å². The number of aliphatic hydroxyl groups excluding tert-OH is 1. The van der Waals surface area contributed by atoms with Crippen LogP contribution in [0.2, 0.25) is 13.1 Å². The van der Waals surface area contributed by atoms with Crippen LogP contribution in [0.25, 0.3) is 6.08 Å². The van der Waals surface area contributed by atoms with Gasteiger partial charge in [-0.25, -0.2) is 0 Å². The molecule has 0 saturated heterocycles. The van der Waals surface area contributed by atoms with Crippen LogP contribution in [-0.2, 0) is 9.16 Å². The van der Waals surface area contributed by atoms with E-state index in [-0.39, 0.29) is 13.2 Å². The van der Waals surface area contributed by atoms with E-state index in [9.17, 15) is 5.11 Å². The van der Waals surface area contributed by atoms with Gasteiger partial charge in [0.1, 0.15) is 18.5 Å². The average molecular weight is 296 g/mol. The van der Waals surface area contributed by atoms with Crippen LogP contribution in [0.5, 0.6) is 5.75 Å². The summed E-state index contributed by atoms with van der Waals surface area (Å²) in [5, 5.41) is 9.79. The van der Waals surface area contributed by atoms with Crippen LogP contribution in [-0.4, -0.2) is 46.1 Å². The fourth-order valence-corrected chi connectivity index (χ4v) is 2.17. The third-order valence-corrected chi connectivity index (χ3v) is 4.88. The molecule has 0 heterocycles. The molecule has 0 aliphatic rings. The lowest BCUT2D eigenvalue weighted by molar-refractivity contribution is 0.0222. The quantitative estimate of drug-likeness (QED) is 0.711. The second-order valence-corrected chi connectivity index (χ2v) is 9.43. The Bertz CT molecular complexity index is 403. The lowest BCUT2D eigenvalue weighted by atomic mass is 10.2. The SMILES string of the molecule is C=Cc1ccc(OCC(O)COC[Si](C)(C)OC)cc1. The molecule has 1 N–H and O–H groups in total. The van der Waals surface area contributed by atoms with Crippen molar-refractivity contribution in [2.24, 2.45) is 0 Å². The molecule has 4 nitrogen and oxygen atoms in total. The molecule has 0 radical (unpaired) electrons. The molecule has 20 heavy (non-hydrogen) atoms. The normalized spacial score (nSPS) is 13.0. The molecule has 1 atom stereocenters. The first-order chi connectivity index (χ1) is 9.46. The highest BCUT2D eigenvalue weighted by Gasteiger charge is 2.21. The summed E-state index contributed by atoms with van der Waals surface area (Å²) >= 11 is 0. The van der Waals surface area contributed by atoms with Crippen LogP contribution in [0.3, 0.4) is 0 Å². The minimum absolute atomic E-state index is 0.211. The van der Waals surface area contributed by atoms with Gasteiger partial charge >= 0.3 is 0 Å². The lowest BCUT2D eigenvalue weighted by Crippen LogP contribution is -2.37. The second-order valence-electron chi connectivity index (χ2n) is 5.22. The van der Waals surface area contributed by atoms with Gasteiger partial charge in [0.15, 0.2) is 0 Å². The Hall–Kier alpha value is -1.14. The Kier molecular flexibility index (Phi) is 6.94. The first kappa shape index (κ1) is 16.9. The molecule has 0 spiro atoms. The van der Waals surface area contributed by atoms with Gasteiger partial charge in [0, 0.05) is 7.11 Å². The molecule has 1 unspecified atom stereocenters. The van der Waals surface area contributed by atoms with Gasteiger partial charge in [0.05, 0.1) is 12.8 Å². The Labute approximate surface area is 122 Å². The highest BCUT2D eigenvalue weighted by Crippen LogP contribution is 2.13. The van der Waals surface area contributed by atoms with Gasteiger partial charge in [-0.2, -0.15) is 0 Å². The van der Waals surface area contributed by atoms with Crippen LogP contribution in [0, 0.1) is 0 Å². The van der Waals surface area contributed by atoms with E-state index in [0.717, 1.165) is 11.3 Å². The minimum atomic E-state index is -1.73. The van der Waals surface area contributed by atoms with Gasteiger partial charge < -0.3 is 19.0 Å². The topological polar surface area (TPSA) is 47.9 Å². The zero-order valence-corrected chi connectivity index (χ0v) is 13.5. The van der Waals surface area contributed by atoms with Gasteiger partial charge in [-0.15, -0.1) is 0 Å². The molecule has 0 fully saturated rings. The fraction of sp³-hybridized carbons (Fsp3) is 0.467. The first-order valence-corrected chi connectivity index (χ1v) is 9.74. The van der Waals surface area contributed by atoms with Crippen molar-refractivity contribution in [3.63, 3.8) is 0 Å². The largest absolute Gasteiger partial charge is 0.491 e. The number of hydrogen-bond acceptors (Lipinski definition) is 4. The summed E-state index contributed by atoms with van der Waals surface area (Å²) < 4.78 is 16.3. The second kappa shape index (κ2) is 8.21. The highest BCUT2D eigenvalue weighted by molar-refractivity contribution is 6.71. The maximum absolute atomic E-state index is 9.79. The molecule has 1 aromatic rings. The zero-order valence-electron chi connectivity index (χ0n) is 12.5. The molecular formula is C15H24O4Si. The number of benzene rings is 1. The Balaban J connectivity index is 2.25. The molecule has 0 aliphatic carbocycles. The average Bonchev–Trinajstić information content (AvgIpc) is 2.45. The van der Waals surface area contributed by atoms with E-state index in [1.807, 2.05) is 24.3 Å². The monoisotopic (exact) mass is 296 g/mol. The van der Waals surface area contributed by atoms with Crippen molar-refractivity contribution < 1.29 is 19.0 Å². The molecule has 1 aromatic carbocycles. The van der Waals surface area contributed by atoms with Crippen molar-refractivity contribution in [3.8, 4) is 5.75 Å². The summed E-state index contributed by atoms with van der Waals surface area (Å²) in [6.45, 7) is 8.29. The van der Waals surface area contributed by atoms with E-state index in [1.54, 1.807) is 13.2 Å². The molecular weight excluding hydrogens is 272 g/mol. The van der Waals surface area contributed by atoms with E-state index < -0.39 is 14.4 Å². The third-order valence-electron chi connectivity index (χ3n) is 2.87. The van der Waals surface area contributed by atoms with Gasteiger partial charge in [-0.1, -0.05) is 24.8 Å². The highest BCUT2D eigenvalue weighted by atomic mass is 28.4. The van der Waals surface area contributed by atoms with Crippen molar-refractivity contribution in [1.29, 1.82) is 0 Å². The Morgan fingerprint density at radius 2 is 1.90 bits per heavy atom. The molecule has 1 rings (SSSR count). The zero-order chi connectivity index (χ0) is 15.0. The molecule has 0 amide bonds. The van der Waals surface area contributed by atoms with E-state index in [0.29, 0.717) is 6.23 Å². The summed E-state index contributed by atoms with van der Waals surface area (Å²) in [6, 6.07) is 7.53. The predicted octanol–water partition coefficient (Wildman–Crippen LogP) is 2.48. The summed E-state index contributed by atoms with van der Waals surface area (Å²) in [5.74, 6) is 0.723. The first-order valence-electron chi connectivity index (χ1n) is 6.63. The van der Waals surface area contributed by atoms with E-state index in [1.165, 1.54) is 0 Å². The standard InChI is InChI=1S/C15H24O4Si/c1-5-13-6-8-15(9-7-13)19-11-14(16)10-18-12-20(3,4)17-2/h5-9,14,16H,1,10-12H2,2-4H3. The van der Waals surface area contributed by atoms with Crippen molar-refractivity contribution in [1.82, 2.24) is 0 Å². The molecule has 5 heteroatoms. The number of aliphatic hydroxyl groups is 1. The summed E-state index contributed by atoms with van der Waals surface area (Å²) in [5.41, 5.74) is 1.04. The number of ether oxygens (including phenoxy) is 2. The van der Waals surface area contributed by atoms with E-state index in [2.05, 4.69) is 19.7 Å². The van der Waals surface area contributed by atoms with Crippen molar-refractivity contribution in [3.05, 3.63) is 36.4 Å². The van der Waals surface area contributed by atoms with Crippen molar-refractivity contribution in [2.75, 3.05) is 26.6 Å². The van der Waals surface area contributed by atoms with Gasteiger partial charge in [0.25, 0.3) is 0 Å². The lowest BCUT2D eigenvalue weighted by Gasteiger charge is -2.21. The molecule has 0 saturated carbocycles. The minimum Gasteiger partial charge on any atom is -0.491 e. The van der Waals surface area contributed by atoms with E-state index in [4.69, 9.17) is 13.9 Å². The van der Waals surface area contributed by atoms with Crippen LogP contribution in [0.1, 0.15) is 5.56 Å². The number of rotatable bonds is 9.